The minimum absolute atomic E-state index is 0.174. The Morgan fingerprint density at radius 1 is 1.48 bits per heavy atom. The number of carbonyl (C=O) groups is 1. The monoisotopic (exact) mass is 301 g/mol. The van der Waals surface area contributed by atoms with Crippen LogP contribution in [0.25, 0.3) is 10.1 Å². The number of thiophene rings is 1. The maximum atomic E-state index is 12.3. The topological polar surface area (TPSA) is 81.2 Å². The zero-order valence-corrected chi connectivity index (χ0v) is 12.6. The lowest BCUT2D eigenvalue weighted by Crippen LogP contribution is -2.22. The van der Waals surface area contributed by atoms with Crippen LogP contribution in [-0.4, -0.2) is 10.9 Å². The van der Waals surface area contributed by atoms with E-state index in [9.17, 15) is 4.79 Å². The molecule has 3 heterocycles. The summed E-state index contributed by atoms with van der Waals surface area (Å²) in [7, 11) is 0. The van der Waals surface area contributed by atoms with E-state index in [0.29, 0.717) is 17.1 Å². The van der Waals surface area contributed by atoms with Gasteiger partial charge < -0.3 is 15.5 Å². The van der Waals surface area contributed by atoms with Crippen molar-refractivity contribution >= 4 is 33.0 Å². The lowest BCUT2D eigenvalue weighted by atomic mass is 10.2. The van der Waals surface area contributed by atoms with E-state index in [4.69, 9.17) is 10.2 Å². The van der Waals surface area contributed by atoms with Gasteiger partial charge in [-0.15, -0.1) is 11.3 Å². The molecule has 0 aliphatic rings. The number of nitrogens with zero attached hydrogens (tertiary/aromatic N) is 1. The third kappa shape index (κ3) is 2.50. The highest BCUT2D eigenvalue weighted by atomic mass is 32.1. The number of aryl methyl sites for hydroxylation is 2. The van der Waals surface area contributed by atoms with Gasteiger partial charge in [0.05, 0.1) is 18.2 Å². The van der Waals surface area contributed by atoms with E-state index in [2.05, 4.69) is 10.3 Å². The van der Waals surface area contributed by atoms with Gasteiger partial charge in [-0.1, -0.05) is 0 Å². The van der Waals surface area contributed by atoms with E-state index < -0.39 is 0 Å². The van der Waals surface area contributed by atoms with Crippen LogP contribution in [0.2, 0.25) is 0 Å². The Bertz CT molecular complexity index is 806. The van der Waals surface area contributed by atoms with E-state index >= 15 is 0 Å². The molecule has 0 spiro atoms. The summed E-state index contributed by atoms with van der Waals surface area (Å²) in [5.74, 6) is -0.174. The van der Waals surface area contributed by atoms with Crippen LogP contribution in [0.3, 0.4) is 0 Å². The lowest BCUT2D eigenvalue weighted by Gasteiger charge is -2.02. The number of rotatable bonds is 3. The smallest absolute Gasteiger partial charge is 0.263 e. The number of nitrogens with one attached hydrogen (secondary N) is 1. The fourth-order valence-electron chi connectivity index (χ4n) is 2.30. The quantitative estimate of drug-likeness (QED) is 0.779. The summed E-state index contributed by atoms with van der Waals surface area (Å²) in [4.78, 5) is 17.2. The first kappa shape index (κ1) is 13.6. The van der Waals surface area contributed by atoms with Crippen LogP contribution in [-0.2, 0) is 6.54 Å². The number of hydrogen-bond acceptors (Lipinski definition) is 5. The standard InChI is InChI=1S/C15H15N3O2S/c1-8-5-11-12(9(2)18-8)13(16)14(21-11)15(19)17-6-10-3-4-20-7-10/h3-5,7H,6,16H2,1-2H3,(H,17,19). The lowest BCUT2D eigenvalue weighted by molar-refractivity contribution is 0.0956. The highest BCUT2D eigenvalue weighted by Crippen LogP contribution is 2.35. The number of carbonyl (C=O) groups excluding carboxylic acids is 1. The summed E-state index contributed by atoms with van der Waals surface area (Å²) in [6.45, 7) is 4.26. The molecule has 3 rings (SSSR count). The second kappa shape index (κ2) is 5.21. The Kier molecular flexibility index (Phi) is 3.39. The first-order valence-electron chi connectivity index (χ1n) is 6.51. The van der Waals surface area contributed by atoms with Crippen LogP contribution in [0.5, 0.6) is 0 Å². The third-order valence-corrected chi connectivity index (χ3v) is 4.41. The zero-order valence-electron chi connectivity index (χ0n) is 11.8. The molecule has 5 nitrogen and oxygen atoms in total. The summed E-state index contributed by atoms with van der Waals surface area (Å²) >= 11 is 1.40. The number of furan rings is 1. The molecule has 0 aliphatic carbocycles. The molecule has 0 atom stereocenters. The van der Waals surface area contributed by atoms with Crippen molar-refractivity contribution in [1.82, 2.24) is 10.3 Å². The van der Waals surface area contributed by atoms with Gasteiger partial charge in [-0.2, -0.15) is 0 Å². The van der Waals surface area contributed by atoms with Crippen molar-refractivity contribution in [2.24, 2.45) is 0 Å². The summed E-state index contributed by atoms with van der Waals surface area (Å²) in [5, 5.41) is 3.72. The maximum absolute atomic E-state index is 12.3. The molecule has 0 aromatic carbocycles. The summed E-state index contributed by atoms with van der Waals surface area (Å²) < 4.78 is 5.96. The maximum Gasteiger partial charge on any atom is 0.263 e. The predicted molar refractivity (Wildman–Crippen MR) is 83.4 cm³/mol. The molecular weight excluding hydrogens is 286 g/mol. The third-order valence-electron chi connectivity index (χ3n) is 3.26. The minimum atomic E-state index is -0.174. The molecule has 0 fully saturated rings. The van der Waals surface area contributed by atoms with Crippen LogP contribution in [0.1, 0.15) is 26.6 Å². The van der Waals surface area contributed by atoms with Gasteiger partial charge in [-0.25, -0.2) is 0 Å². The summed E-state index contributed by atoms with van der Waals surface area (Å²) in [6.07, 6.45) is 3.18. The molecule has 3 aromatic heterocycles. The molecule has 0 saturated heterocycles. The van der Waals surface area contributed by atoms with Crippen LogP contribution >= 0.6 is 11.3 Å². The molecule has 0 saturated carbocycles. The van der Waals surface area contributed by atoms with Crippen molar-refractivity contribution in [1.29, 1.82) is 0 Å². The van der Waals surface area contributed by atoms with Gasteiger partial charge in [0.15, 0.2) is 0 Å². The Morgan fingerprint density at radius 2 is 2.29 bits per heavy atom. The molecule has 0 aliphatic heterocycles. The Labute approximate surface area is 125 Å². The first-order chi connectivity index (χ1) is 10.1. The fraction of sp³-hybridized carbons (Fsp3) is 0.200. The number of aromatic nitrogens is 1. The van der Waals surface area contributed by atoms with Crippen LogP contribution in [0.4, 0.5) is 5.69 Å². The predicted octanol–water partition coefficient (Wildman–Crippen LogP) is 3.02. The highest BCUT2D eigenvalue weighted by molar-refractivity contribution is 7.21. The van der Waals surface area contributed by atoms with E-state index in [1.807, 2.05) is 26.0 Å². The Hall–Kier alpha value is -2.34. The van der Waals surface area contributed by atoms with Crippen LogP contribution in [0, 0.1) is 13.8 Å². The number of nitrogens with two attached hydrogens (primary N) is 1. The van der Waals surface area contributed by atoms with Gasteiger partial charge in [0.25, 0.3) is 5.91 Å². The normalized spacial score (nSPS) is 11.0. The first-order valence-corrected chi connectivity index (χ1v) is 7.33. The number of anilines is 1. The van der Waals surface area contributed by atoms with E-state index in [0.717, 1.165) is 27.0 Å². The molecule has 0 radical (unpaired) electrons. The van der Waals surface area contributed by atoms with Crippen molar-refractivity contribution in [3.05, 3.63) is 46.5 Å². The van der Waals surface area contributed by atoms with Gasteiger partial charge in [0.2, 0.25) is 0 Å². The molecule has 3 aromatic rings. The molecule has 108 valence electrons. The van der Waals surface area contributed by atoms with Crippen molar-refractivity contribution in [3.8, 4) is 0 Å². The fourth-order valence-corrected chi connectivity index (χ4v) is 3.49. The van der Waals surface area contributed by atoms with E-state index in [-0.39, 0.29) is 5.91 Å². The average molecular weight is 301 g/mol. The second-order valence-electron chi connectivity index (χ2n) is 4.88. The molecule has 6 heteroatoms. The number of fused-ring (bicyclic) bond motifs is 1. The van der Waals surface area contributed by atoms with Gasteiger partial charge >= 0.3 is 0 Å². The van der Waals surface area contributed by atoms with Crippen LogP contribution < -0.4 is 11.1 Å². The van der Waals surface area contributed by atoms with Crippen molar-refractivity contribution in [3.63, 3.8) is 0 Å². The van der Waals surface area contributed by atoms with Gasteiger partial charge in [0, 0.05) is 33.6 Å². The summed E-state index contributed by atoms with van der Waals surface area (Å²) in [5.41, 5.74) is 9.33. The number of hydrogen-bond donors (Lipinski definition) is 2. The molecule has 21 heavy (non-hydrogen) atoms. The molecule has 3 N–H and O–H groups in total. The molecular formula is C15H15N3O2S. The van der Waals surface area contributed by atoms with Crippen molar-refractivity contribution in [2.45, 2.75) is 20.4 Å². The van der Waals surface area contributed by atoms with Gasteiger partial charge in [-0.3, -0.25) is 9.78 Å². The highest BCUT2D eigenvalue weighted by Gasteiger charge is 2.18. The largest absolute Gasteiger partial charge is 0.472 e. The van der Waals surface area contributed by atoms with Gasteiger partial charge in [0.1, 0.15) is 4.88 Å². The van der Waals surface area contributed by atoms with Crippen molar-refractivity contribution < 1.29 is 9.21 Å². The molecule has 0 bridgehead atoms. The second-order valence-corrected chi connectivity index (χ2v) is 5.93. The average Bonchev–Trinajstić information content (AvgIpc) is 3.04. The van der Waals surface area contributed by atoms with Gasteiger partial charge in [-0.05, 0) is 26.0 Å². The minimum Gasteiger partial charge on any atom is -0.472 e. The summed E-state index contributed by atoms with van der Waals surface area (Å²) in [6, 6.07) is 3.77. The SMILES string of the molecule is Cc1cc2sc(C(=O)NCc3ccoc3)c(N)c2c(C)n1. The number of pyridine rings is 1. The molecule has 0 unspecified atom stereocenters. The van der Waals surface area contributed by atoms with Crippen molar-refractivity contribution in [2.75, 3.05) is 5.73 Å². The van der Waals surface area contributed by atoms with E-state index in [1.54, 1.807) is 12.5 Å². The zero-order chi connectivity index (χ0) is 15.0. The Morgan fingerprint density at radius 3 is 3.00 bits per heavy atom. The van der Waals surface area contributed by atoms with Crippen LogP contribution in [0.15, 0.2) is 29.1 Å². The number of nitrogen functional groups attached to an aromatic ring is 1. The number of amides is 1. The molecule has 1 amide bonds. The Balaban J connectivity index is 1.91. The van der Waals surface area contributed by atoms with E-state index in [1.165, 1.54) is 11.3 Å².